The SMILES string of the molecule is CC[C@@H]1C=CCC(NC(=O)OC(C)(C)C)c2cc(ccn2)-c2c(cnn2C)NC1=O. The summed E-state index contributed by atoms with van der Waals surface area (Å²) in [6.45, 7) is 7.42. The summed E-state index contributed by atoms with van der Waals surface area (Å²) in [5, 5.41) is 10.2. The van der Waals surface area contributed by atoms with Crippen molar-refractivity contribution in [1.82, 2.24) is 20.1 Å². The number of ether oxygens (including phenoxy) is 1. The Morgan fingerprint density at radius 1 is 1.40 bits per heavy atom. The van der Waals surface area contributed by atoms with Gasteiger partial charge in [-0.3, -0.25) is 14.5 Å². The smallest absolute Gasteiger partial charge is 0.408 e. The van der Waals surface area contributed by atoms with Gasteiger partial charge in [0.05, 0.1) is 35.2 Å². The summed E-state index contributed by atoms with van der Waals surface area (Å²) in [6, 6.07) is 3.37. The number of nitrogens with one attached hydrogen (secondary N) is 2. The number of amides is 2. The highest BCUT2D eigenvalue weighted by molar-refractivity contribution is 5.96. The minimum Gasteiger partial charge on any atom is -0.444 e. The Balaban J connectivity index is 2.03. The molecule has 3 heterocycles. The van der Waals surface area contributed by atoms with Gasteiger partial charge in [0.1, 0.15) is 5.60 Å². The molecular weight excluding hydrogens is 382 g/mol. The van der Waals surface area contributed by atoms with Gasteiger partial charge in [-0.2, -0.15) is 5.10 Å². The average Bonchev–Trinajstić information content (AvgIpc) is 3.02. The van der Waals surface area contributed by atoms with E-state index in [0.717, 1.165) is 11.3 Å². The third kappa shape index (κ3) is 5.06. The Hall–Kier alpha value is -3.16. The second-order valence-corrected chi connectivity index (χ2v) is 8.37. The maximum Gasteiger partial charge on any atom is 0.408 e. The van der Waals surface area contributed by atoms with Gasteiger partial charge in [-0.1, -0.05) is 19.1 Å². The molecule has 2 amide bonds. The van der Waals surface area contributed by atoms with Crippen molar-refractivity contribution in [3.63, 3.8) is 0 Å². The van der Waals surface area contributed by atoms with Crippen LogP contribution in [0.1, 0.15) is 52.3 Å². The molecule has 1 aliphatic rings. The second kappa shape index (κ2) is 8.69. The Kier molecular flexibility index (Phi) is 6.24. The number of pyridine rings is 1. The molecule has 8 nitrogen and oxygen atoms in total. The summed E-state index contributed by atoms with van der Waals surface area (Å²) >= 11 is 0. The topological polar surface area (TPSA) is 98.1 Å². The van der Waals surface area contributed by atoms with Gasteiger partial charge in [0.2, 0.25) is 5.91 Å². The van der Waals surface area contributed by atoms with Gasteiger partial charge in [0.15, 0.2) is 0 Å². The zero-order chi connectivity index (χ0) is 21.9. The highest BCUT2D eigenvalue weighted by atomic mass is 16.6. The van der Waals surface area contributed by atoms with Crippen molar-refractivity contribution < 1.29 is 14.3 Å². The number of hydrogen-bond donors (Lipinski definition) is 2. The summed E-state index contributed by atoms with van der Waals surface area (Å²) in [7, 11) is 1.82. The molecule has 2 aromatic heterocycles. The standard InChI is InChI=1S/C22H29N5O3/c1-6-14-8-7-9-16(26-21(29)30-22(2,3)4)17-12-15(10-11-23-17)19-18(25-20(14)28)13-24-27(19)5/h7-8,10-14,16H,6,9H2,1-5H3,(H,25,28)(H,26,29)/t14-,16?/m1/s1. The van der Waals surface area contributed by atoms with E-state index in [2.05, 4.69) is 20.7 Å². The number of nitrogens with zero attached hydrogens (tertiary/aromatic N) is 3. The molecule has 1 aliphatic heterocycles. The number of aryl methyl sites for hydroxylation is 1. The van der Waals surface area contributed by atoms with E-state index in [1.54, 1.807) is 17.1 Å². The molecule has 0 aromatic carbocycles. The van der Waals surface area contributed by atoms with Crippen LogP contribution in [0.25, 0.3) is 11.3 Å². The number of fused-ring (bicyclic) bond motifs is 4. The van der Waals surface area contributed by atoms with Crippen LogP contribution in [-0.4, -0.2) is 32.4 Å². The number of hydrogen-bond acceptors (Lipinski definition) is 5. The lowest BCUT2D eigenvalue weighted by Crippen LogP contribution is -2.35. The van der Waals surface area contributed by atoms with Crippen LogP contribution in [0.4, 0.5) is 10.5 Å². The molecule has 0 radical (unpaired) electrons. The third-order valence-corrected chi connectivity index (χ3v) is 4.82. The molecule has 2 N–H and O–H groups in total. The number of carbonyl (C=O) groups is 2. The molecule has 0 saturated carbocycles. The lowest BCUT2D eigenvalue weighted by Gasteiger charge is -2.23. The van der Waals surface area contributed by atoms with Crippen molar-refractivity contribution in [2.24, 2.45) is 13.0 Å². The molecule has 2 aromatic rings. The summed E-state index contributed by atoms with van der Waals surface area (Å²) < 4.78 is 7.14. The molecule has 2 bridgehead atoms. The lowest BCUT2D eigenvalue weighted by atomic mass is 10.00. The Morgan fingerprint density at radius 3 is 2.87 bits per heavy atom. The first-order valence-electron chi connectivity index (χ1n) is 10.1. The summed E-state index contributed by atoms with van der Waals surface area (Å²) in [4.78, 5) is 29.7. The van der Waals surface area contributed by atoms with Crippen molar-refractivity contribution in [2.45, 2.75) is 52.2 Å². The van der Waals surface area contributed by atoms with Crippen molar-refractivity contribution in [1.29, 1.82) is 0 Å². The van der Waals surface area contributed by atoms with Crippen molar-refractivity contribution in [2.75, 3.05) is 5.32 Å². The molecule has 2 atom stereocenters. The maximum atomic E-state index is 12.8. The fourth-order valence-corrected chi connectivity index (χ4v) is 3.37. The monoisotopic (exact) mass is 411 g/mol. The van der Waals surface area contributed by atoms with Gasteiger partial charge in [0, 0.05) is 18.8 Å². The van der Waals surface area contributed by atoms with Gasteiger partial charge in [-0.05, 0) is 45.7 Å². The van der Waals surface area contributed by atoms with Crippen LogP contribution in [-0.2, 0) is 16.6 Å². The van der Waals surface area contributed by atoms with E-state index in [1.165, 1.54) is 0 Å². The molecule has 0 aliphatic carbocycles. The van der Waals surface area contributed by atoms with Crippen LogP contribution >= 0.6 is 0 Å². The molecule has 160 valence electrons. The molecule has 0 saturated heterocycles. The average molecular weight is 412 g/mol. The first kappa shape index (κ1) is 21.5. The van der Waals surface area contributed by atoms with E-state index in [0.29, 0.717) is 24.2 Å². The predicted octanol–water partition coefficient (Wildman–Crippen LogP) is 3.97. The summed E-state index contributed by atoms with van der Waals surface area (Å²) in [6.07, 6.45) is 7.76. The molecule has 0 spiro atoms. The fraction of sp³-hybridized carbons (Fsp3) is 0.455. The van der Waals surface area contributed by atoms with Gasteiger partial charge in [-0.25, -0.2) is 4.79 Å². The lowest BCUT2D eigenvalue weighted by molar-refractivity contribution is -0.118. The van der Waals surface area contributed by atoms with Gasteiger partial charge >= 0.3 is 6.09 Å². The van der Waals surface area contributed by atoms with Crippen LogP contribution in [0.3, 0.4) is 0 Å². The summed E-state index contributed by atoms with van der Waals surface area (Å²) in [5.74, 6) is -0.375. The zero-order valence-corrected chi connectivity index (χ0v) is 18.1. The Morgan fingerprint density at radius 2 is 2.17 bits per heavy atom. The van der Waals surface area contributed by atoms with E-state index in [1.807, 2.05) is 59.0 Å². The highest BCUT2D eigenvalue weighted by Gasteiger charge is 2.24. The molecule has 3 rings (SSSR count). The fourth-order valence-electron chi connectivity index (χ4n) is 3.37. The van der Waals surface area contributed by atoms with E-state index in [9.17, 15) is 9.59 Å². The van der Waals surface area contributed by atoms with Crippen molar-refractivity contribution >= 4 is 17.7 Å². The third-order valence-electron chi connectivity index (χ3n) is 4.82. The highest BCUT2D eigenvalue weighted by Crippen LogP contribution is 2.30. The number of aromatic nitrogens is 3. The van der Waals surface area contributed by atoms with Crippen LogP contribution in [0.15, 0.2) is 36.7 Å². The second-order valence-electron chi connectivity index (χ2n) is 8.37. The van der Waals surface area contributed by atoms with E-state index < -0.39 is 17.7 Å². The van der Waals surface area contributed by atoms with Crippen LogP contribution in [0, 0.1) is 5.92 Å². The largest absolute Gasteiger partial charge is 0.444 e. The minimum absolute atomic E-state index is 0.0884. The quantitative estimate of drug-likeness (QED) is 0.729. The molecule has 30 heavy (non-hydrogen) atoms. The Labute approximate surface area is 176 Å². The number of rotatable bonds is 2. The molecule has 0 fully saturated rings. The van der Waals surface area contributed by atoms with Gasteiger partial charge in [-0.15, -0.1) is 0 Å². The molecule has 8 heteroatoms. The minimum atomic E-state index is -0.602. The van der Waals surface area contributed by atoms with Gasteiger partial charge in [0.25, 0.3) is 0 Å². The van der Waals surface area contributed by atoms with E-state index in [4.69, 9.17) is 4.74 Å². The zero-order valence-electron chi connectivity index (χ0n) is 18.1. The van der Waals surface area contributed by atoms with Crippen LogP contribution < -0.4 is 10.6 Å². The number of alkyl carbamates (subject to hydrolysis) is 1. The first-order chi connectivity index (χ1) is 14.2. The van der Waals surface area contributed by atoms with E-state index >= 15 is 0 Å². The number of anilines is 1. The molecular formula is C22H29N5O3. The van der Waals surface area contributed by atoms with Crippen molar-refractivity contribution in [3.05, 3.63) is 42.4 Å². The van der Waals surface area contributed by atoms with Crippen LogP contribution in [0.5, 0.6) is 0 Å². The molecule has 1 unspecified atom stereocenters. The summed E-state index contributed by atoms with van der Waals surface area (Å²) in [5.41, 5.74) is 2.38. The normalized spacial score (nSPS) is 19.2. The Bertz CT molecular complexity index is 958. The predicted molar refractivity (Wildman–Crippen MR) is 115 cm³/mol. The maximum absolute atomic E-state index is 12.8. The number of carbonyl (C=O) groups excluding carboxylic acids is 2. The van der Waals surface area contributed by atoms with Crippen LogP contribution in [0.2, 0.25) is 0 Å². The van der Waals surface area contributed by atoms with Gasteiger partial charge < -0.3 is 15.4 Å². The van der Waals surface area contributed by atoms with E-state index in [-0.39, 0.29) is 11.8 Å². The first-order valence-corrected chi connectivity index (χ1v) is 10.1. The van der Waals surface area contributed by atoms with Crippen molar-refractivity contribution in [3.8, 4) is 11.3 Å².